The van der Waals surface area contributed by atoms with Crippen LogP contribution in [0.5, 0.6) is 0 Å². The molecule has 5 rings (SSSR count). The van der Waals surface area contributed by atoms with Crippen molar-refractivity contribution < 1.29 is 9.18 Å². The van der Waals surface area contributed by atoms with Crippen LogP contribution in [-0.4, -0.2) is 10.5 Å². The van der Waals surface area contributed by atoms with Gasteiger partial charge in [0.15, 0.2) is 4.80 Å². The Hall–Kier alpha value is -3.62. The lowest BCUT2D eigenvalue weighted by Gasteiger charge is -2.25. The van der Waals surface area contributed by atoms with E-state index in [1.807, 2.05) is 42.5 Å². The first kappa shape index (κ1) is 23.1. The zero-order chi connectivity index (χ0) is 24.5. The molecular formula is C27H19BrFN3O2S. The van der Waals surface area contributed by atoms with Gasteiger partial charge in [-0.3, -0.25) is 14.2 Å². The van der Waals surface area contributed by atoms with E-state index in [1.54, 1.807) is 37.3 Å². The summed E-state index contributed by atoms with van der Waals surface area (Å²) in [6.45, 7) is 1.75. The van der Waals surface area contributed by atoms with E-state index in [1.165, 1.54) is 28.0 Å². The standard InChI is InChI=1S/C27H19BrFN3O2S/c1-16-23(25(33)31-21-5-3-2-4-6-21)24(18-9-13-20(29)14-10-18)32-26(34)22(35-27(32)30-16)15-17-7-11-19(28)12-8-17/h2-15,24H,1H3,(H,31,33)/b22-15-/t24-/m0/s1. The lowest BCUT2D eigenvalue weighted by Crippen LogP contribution is -2.40. The largest absolute Gasteiger partial charge is 0.322 e. The number of carbonyl (C=O) groups excluding carboxylic acids is 1. The number of fused-ring (bicyclic) bond motifs is 1. The van der Waals surface area contributed by atoms with Crippen molar-refractivity contribution in [1.29, 1.82) is 0 Å². The number of allylic oxidation sites excluding steroid dienone is 1. The van der Waals surface area contributed by atoms with Crippen LogP contribution in [0, 0.1) is 5.82 Å². The van der Waals surface area contributed by atoms with Gasteiger partial charge < -0.3 is 5.32 Å². The molecule has 1 atom stereocenters. The molecule has 0 aliphatic carbocycles. The second-order valence-electron chi connectivity index (χ2n) is 8.01. The Morgan fingerprint density at radius 2 is 1.74 bits per heavy atom. The van der Waals surface area contributed by atoms with Crippen LogP contribution >= 0.6 is 27.3 Å². The number of amides is 1. The van der Waals surface area contributed by atoms with Crippen molar-refractivity contribution in [2.75, 3.05) is 5.32 Å². The van der Waals surface area contributed by atoms with Gasteiger partial charge in [0.2, 0.25) is 0 Å². The van der Waals surface area contributed by atoms with Crippen LogP contribution in [0.2, 0.25) is 0 Å². The number of carbonyl (C=O) groups is 1. The monoisotopic (exact) mass is 547 g/mol. The minimum absolute atomic E-state index is 0.261. The third-order valence-corrected chi connectivity index (χ3v) is 7.16. The van der Waals surface area contributed by atoms with E-state index in [4.69, 9.17) is 0 Å². The Bertz CT molecular complexity index is 1620. The Morgan fingerprint density at radius 1 is 1.06 bits per heavy atom. The molecule has 3 aromatic carbocycles. The maximum absolute atomic E-state index is 13.7. The fourth-order valence-electron chi connectivity index (χ4n) is 4.00. The number of hydrogen-bond donors (Lipinski definition) is 1. The van der Waals surface area contributed by atoms with Gasteiger partial charge in [-0.2, -0.15) is 0 Å². The van der Waals surface area contributed by atoms with E-state index in [9.17, 15) is 14.0 Å². The minimum Gasteiger partial charge on any atom is -0.322 e. The molecule has 2 heterocycles. The normalized spacial score (nSPS) is 15.5. The summed E-state index contributed by atoms with van der Waals surface area (Å²) in [7, 11) is 0. The number of hydrogen-bond acceptors (Lipinski definition) is 4. The van der Waals surface area contributed by atoms with Crippen molar-refractivity contribution in [2.24, 2.45) is 4.99 Å². The molecule has 0 saturated carbocycles. The van der Waals surface area contributed by atoms with Gasteiger partial charge in [-0.15, -0.1) is 0 Å². The van der Waals surface area contributed by atoms with E-state index >= 15 is 0 Å². The number of aromatic nitrogens is 1. The van der Waals surface area contributed by atoms with Gasteiger partial charge in [0.25, 0.3) is 11.5 Å². The fourth-order valence-corrected chi connectivity index (χ4v) is 5.31. The molecule has 0 radical (unpaired) electrons. The summed E-state index contributed by atoms with van der Waals surface area (Å²) in [4.78, 5) is 32.2. The maximum Gasteiger partial charge on any atom is 0.271 e. The zero-order valence-electron chi connectivity index (χ0n) is 18.5. The van der Waals surface area contributed by atoms with Crippen molar-refractivity contribution in [3.8, 4) is 0 Å². The lowest BCUT2D eigenvalue weighted by molar-refractivity contribution is -0.113. The van der Waals surface area contributed by atoms with Crippen LogP contribution in [-0.2, 0) is 4.79 Å². The van der Waals surface area contributed by atoms with Gasteiger partial charge in [-0.05, 0) is 60.5 Å². The quantitative estimate of drug-likeness (QED) is 0.399. The summed E-state index contributed by atoms with van der Waals surface area (Å²) in [6.07, 6.45) is 1.81. The van der Waals surface area contributed by atoms with Crippen molar-refractivity contribution in [3.63, 3.8) is 0 Å². The first-order chi connectivity index (χ1) is 16.9. The number of para-hydroxylation sites is 1. The van der Waals surface area contributed by atoms with E-state index in [0.29, 0.717) is 31.9 Å². The highest BCUT2D eigenvalue weighted by Crippen LogP contribution is 2.31. The Labute approximate surface area is 212 Å². The number of anilines is 1. The molecule has 174 valence electrons. The van der Waals surface area contributed by atoms with Crippen LogP contribution < -0.4 is 20.2 Å². The molecule has 35 heavy (non-hydrogen) atoms. The van der Waals surface area contributed by atoms with Crippen molar-refractivity contribution >= 4 is 44.9 Å². The number of nitrogens with zero attached hydrogens (tertiary/aromatic N) is 2. The number of halogens is 2. The SMILES string of the molecule is CC1=C(C(=O)Nc2ccccc2)[C@H](c2ccc(F)cc2)n2c(s/c(=C\c3ccc(Br)cc3)c2=O)=N1. The van der Waals surface area contributed by atoms with Crippen LogP contribution in [0.15, 0.2) is 104 Å². The van der Waals surface area contributed by atoms with Gasteiger partial charge in [0, 0.05) is 10.2 Å². The van der Waals surface area contributed by atoms with Crippen LogP contribution in [0.25, 0.3) is 6.08 Å². The number of nitrogens with one attached hydrogen (secondary N) is 1. The highest BCUT2D eigenvalue weighted by molar-refractivity contribution is 9.10. The number of benzene rings is 3. The summed E-state index contributed by atoms with van der Waals surface area (Å²) < 4.78 is 16.7. The lowest BCUT2D eigenvalue weighted by atomic mass is 9.95. The molecule has 1 aliphatic rings. The molecule has 1 aliphatic heterocycles. The van der Waals surface area contributed by atoms with Gasteiger partial charge in [0.05, 0.1) is 21.8 Å². The van der Waals surface area contributed by atoms with Crippen molar-refractivity contribution in [2.45, 2.75) is 13.0 Å². The molecule has 0 saturated heterocycles. The topological polar surface area (TPSA) is 63.5 Å². The minimum atomic E-state index is -0.748. The summed E-state index contributed by atoms with van der Waals surface area (Å²) in [5.74, 6) is -0.763. The summed E-state index contributed by atoms with van der Waals surface area (Å²) in [5.41, 5.74) is 2.70. The molecule has 0 bridgehead atoms. The summed E-state index contributed by atoms with van der Waals surface area (Å²) in [5, 5.41) is 2.90. The molecule has 8 heteroatoms. The second-order valence-corrected chi connectivity index (χ2v) is 9.93. The van der Waals surface area contributed by atoms with Crippen LogP contribution in [0.3, 0.4) is 0 Å². The Kier molecular flexibility index (Phi) is 6.32. The smallest absolute Gasteiger partial charge is 0.271 e. The average Bonchev–Trinajstić information content (AvgIpc) is 3.15. The Morgan fingerprint density at radius 3 is 2.43 bits per heavy atom. The summed E-state index contributed by atoms with van der Waals surface area (Å²) >= 11 is 4.68. The number of rotatable bonds is 4. The van der Waals surface area contributed by atoms with E-state index in [-0.39, 0.29) is 11.5 Å². The number of thiazole rings is 1. The van der Waals surface area contributed by atoms with E-state index in [0.717, 1.165) is 10.0 Å². The second kappa shape index (κ2) is 9.56. The van der Waals surface area contributed by atoms with E-state index < -0.39 is 11.9 Å². The highest BCUT2D eigenvalue weighted by atomic mass is 79.9. The average molecular weight is 548 g/mol. The van der Waals surface area contributed by atoms with Gasteiger partial charge in [-0.1, -0.05) is 69.7 Å². The summed E-state index contributed by atoms with van der Waals surface area (Å²) in [6, 6.07) is 21.8. The molecule has 4 aromatic rings. The van der Waals surface area contributed by atoms with Gasteiger partial charge >= 0.3 is 0 Å². The molecule has 0 unspecified atom stereocenters. The Balaban J connectivity index is 1.67. The molecule has 0 fully saturated rings. The zero-order valence-corrected chi connectivity index (χ0v) is 20.9. The molecular weight excluding hydrogens is 529 g/mol. The predicted octanol–water partition coefficient (Wildman–Crippen LogP) is 4.78. The molecule has 1 aromatic heterocycles. The van der Waals surface area contributed by atoms with Crippen molar-refractivity contribution in [1.82, 2.24) is 4.57 Å². The maximum atomic E-state index is 13.7. The third kappa shape index (κ3) is 4.67. The van der Waals surface area contributed by atoms with Gasteiger partial charge in [-0.25, -0.2) is 9.38 Å². The first-order valence-corrected chi connectivity index (χ1v) is 12.4. The van der Waals surface area contributed by atoms with Crippen LogP contribution in [0.4, 0.5) is 10.1 Å². The predicted molar refractivity (Wildman–Crippen MR) is 139 cm³/mol. The van der Waals surface area contributed by atoms with Gasteiger partial charge in [0.1, 0.15) is 5.82 Å². The highest BCUT2D eigenvalue weighted by Gasteiger charge is 2.32. The van der Waals surface area contributed by atoms with E-state index in [2.05, 4.69) is 26.2 Å². The molecule has 0 spiro atoms. The fraction of sp³-hybridized carbons (Fsp3) is 0.0741. The molecule has 1 amide bonds. The third-order valence-electron chi connectivity index (χ3n) is 5.65. The molecule has 5 nitrogen and oxygen atoms in total. The first-order valence-electron chi connectivity index (χ1n) is 10.8. The molecule has 1 N–H and O–H groups in total. The van der Waals surface area contributed by atoms with Crippen LogP contribution in [0.1, 0.15) is 24.1 Å². The van der Waals surface area contributed by atoms with Crippen molar-refractivity contribution in [3.05, 3.63) is 131 Å².